The minimum absolute atomic E-state index is 0.341. The number of fused-ring (bicyclic) bond motifs is 1. The standard InChI is InChI=1S/C15H17N5S/c1-3-11(16-2)10-6-4-5-7-12(10)21-15-13-14(18-8-17-13)19-9-20-15/h4-9,11,16H,3H2,1-2H3,(H,17,18,19,20). The molecular weight excluding hydrogens is 282 g/mol. The molecule has 0 radical (unpaired) electrons. The van der Waals surface area contributed by atoms with E-state index in [0.29, 0.717) is 11.7 Å². The molecular formula is C15H17N5S. The monoisotopic (exact) mass is 299 g/mol. The minimum Gasteiger partial charge on any atom is -0.341 e. The highest BCUT2D eigenvalue weighted by molar-refractivity contribution is 7.99. The summed E-state index contributed by atoms with van der Waals surface area (Å²) in [6, 6.07) is 8.76. The molecule has 0 aliphatic rings. The Morgan fingerprint density at radius 3 is 2.90 bits per heavy atom. The summed E-state index contributed by atoms with van der Waals surface area (Å²) in [5, 5.41) is 4.26. The Kier molecular flexibility index (Phi) is 4.17. The molecule has 1 aromatic carbocycles. The van der Waals surface area contributed by atoms with Crippen LogP contribution < -0.4 is 5.32 Å². The van der Waals surface area contributed by atoms with Crippen LogP contribution in [0.15, 0.2) is 46.8 Å². The summed E-state index contributed by atoms with van der Waals surface area (Å²) in [6.07, 6.45) is 4.25. The van der Waals surface area contributed by atoms with Crippen molar-refractivity contribution in [3.63, 3.8) is 0 Å². The van der Waals surface area contributed by atoms with Crippen LogP contribution in [0.5, 0.6) is 0 Å². The lowest BCUT2D eigenvalue weighted by atomic mass is 10.1. The first kappa shape index (κ1) is 14.0. The molecule has 0 aliphatic heterocycles. The summed E-state index contributed by atoms with van der Waals surface area (Å²) >= 11 is 1.65. The maximum Gasteiger partial charge on any atom is 0.181 e. The number of benzene rings is 1. The van der Waals surface area contributed by atoms with Gasteiger partial charge in [0, 0.05) is 10.9 Å². The second-order valence-corrected chi connectivity index (χ2v) is 5.70. The Morgan fingerprint density at radius 2 is 2.10 bits per heavy atom. The second kappa shape index (κ2) is 6.24. The van der Waals surface area contributed by atoms with Gasteiger partial charge in [-0.05, 0) is 25.1 Å². The lowest BCUT2D eigenvalue weighted by Gasteiger charge is -2.17. The van der Waals surface area contributed by atoms with Crippen molar-refractivity contribution in [2.24, 2.45) is 0 Å². The SMILES string of the molecule is CCC(NC)c1ccccc1Sc1ncnc2nc[nH]c12. The topological polar surface area (TPSA) is 66.5 Å². The fraction of sp³-hybridized carbons (Fsp3) is 0.267. The van der Waals surface area contributed by atoms with E-state index in [9.17, 15) is 0 Å². The summed E-state index contributed by atoms with van der Waals surface area (Å²) in [7, 11) is 1.99. The highest BCUT2D eigenvalue weighted by Crippen LogP contribution is 2.35. The summed E-state index contributed by atoms with van der Waals surface area (Å²) in [5.41, 5.74) is 2.87. The molecule has 108 valence electrons. The maximum atomic E-state index is 4.39. The highest BCUT2D eigenvalue weighted by atomic mass is 32.2. The smallest absolute Gasteiger partial charge is 0.181 e. The summed E-state index contributed by atoms with van der Waals surface area (Å²) in [5.74, 6) is 0. The van der Waals surface area contributed by atoms with Gasteiger partial charge in [-0.1, -0.05) is 36.9 Å². The zero-order valence-electron chi connectivity index (χ0n) is 12.0. The van der Waals surface area contributed by atoms with Gasteiger partial charge >= 0.3 is 0 Å². The fourth-order valence-corrected chi connectivity index (χ4v) is 3.40. The van der Waals surface area contributed by atoms with Gasteiger partial charge in [0.05, 0.1) is 6.33 Å². The molecule has 0 spiro atoms. The molecule has 5 nitrogen and oxygen atoms in total. The van der Waals surface area contributed by atoms with Crippen LogP contribution in [0.4, 0.5) is 0 Å². The van der Waals surface area contributed by atoms with Gasteiger partial charge in [0.25, 0.3) is 0 Å². The van der Waals surface area contributed by atoms with E-state index in [1.54, 1.807) is 24.4 Å². The van der Waals surface area contributed by atoms with Crippen LogP contribution in [0.25, 0.3) is 11.2 Å². The minimum atomic E-state index is 0.341. The van der Waals surface area contributed by atoms with Crippen molar-refractivity contribution in [2.45, 2.75) is 29.3 Å². The molecule has 1 atom stereocenters. The zero-order chi connectivity index (χ0) is 14.7. The van der Waals surface area contributed by atoms with Crippen LogP contribution in [0.1, 0.15) is 24.9 Å². The lowest BCUT2D eigenvalue weighted by molar-refractivity contribution is 0.568. The van der Waals surface area contributed by atoms with Crippen molar-refractivity contribution in [1.29, 1.82) is 0 Å². The fourth-order valence-electron chi connectivity index (χ4n) is 2.37. The van der Waals surface area contributed by atoms with Crippen LogP contribution in [0, 0.1) is 0 Å². The number of hydrogen-bond acceptors (Lipinski definition) is 5. The van der Waals surface area contributed by atoms with Gasteiger partial charge in [0.15, 0.2) is 5.65 Å². The quantitative estimate of drug-likeness (QED) is 0.708. The van der Waals surface area contributed by atoms with E-state index in [-0.39, 0.29) is 0 Å². The van der Waals surface area contributed by atoms with Gasteiger partial charge in [0.2, 0.25) is 0 Å². The van der Waals surface area contributed by atoms with E-state index in [2.05, 4.69) is 56.4 Å². The van der Waals surface area contributed by atoms with E-state index in [1.807, 2.05) is 7.05 Å². The van der Waals surface area contributed by atoms with Crippen molar-refractivity contribution < 1.29 is 0 Å². The maximum absolute atomic E-state index is 4.39. The number of nitrogens with one attached hydrogen (secondary N) is 2. The predicted molar refractivity (Wildman–Crippen MR) is 84.3 cm³/mol. The highest BCUT2D eigenvalue weighted by Gasteiger charge is 2.14. The first-order valence-electron chi connectivity index (χ1n) is 6.91. The molecule has 0 amide bonds. The third kappa shape index (κ3) is 2.77. The van der Waals surface area contributed by atoms with Gasteiger partial charge in [0.1, 0.15) is 16.9 Å². The number of aromatic nitrogens is 4. The summed E-state index contributed by atoms with van der Waals surface area (Å²) in [4.78, 5) is 17.0. The number of hydrogen-bond donors (Lipinski definition) is 2. The number of H-pyrrole nitrogens is 1. The van der Waals surface area contributed by atoms with Crippen LogP contribution >= 0.6 is 11.8 Å². The van der Waals surface area contributed by atoms with Crippen molar-refractivity contribution in [3.05, 3.63) is 42.5 Å². The van der Waals surface area contributed by atoms with E-state index in [1.165, 1.54) is 10.5 Å². The average molecular weight is 299 g/mol. The van der Waals surface area contributed by atoms with Crippen LogP contribution in [0.2, 0.25) is 0 Å². The largest absolute Gasteiger partial charge is 0.341 e. The lowest BCUT2D eigenvalue weighted by Crippen LogP contribution is -2.15. The second-order valence-electron chi connectivity index (χ2n) is 4.67. The van der Waals surface area contributed by atoms with E-state index in [0.717, 1.165) is 17.0 Å². The predicted octanol–water partition coefficient (Wildman–Crippen LogP) is 3.17. The van der Waals surface area contributed by atoms with Crippen molar-refractivity contribution in [3.8, 4) is 0 Å². The molecule has 3 aromatic rings. The van der Waals surface area contributed by atoms with Crippen molar-refractivity contribution >= 4 is 22.9 Å². The molecule has 3 rings (SSSR count). The van der Waals surface area contributed by atoms with Crippen LogP contribution in [-0.2, 0) is 0 Å². The first-order chi connectivity index (χ1) is 10.3. The summed E-state index contributed by atoms with van der Waals surface area (Å²) < 4.78 is 0. The molecule has 0 bridgehead atoms. The molecule has 0 saturated carbocycles. The molecule has 0 saturated heterocycles. The third-order valence-electron chi connectivity index (χ3n) is 3.45. The third-order valence-corrected chi connectivity index (χ3v) is 4.54. The molecule has 2 aromatic heterocycles. The Balaban J connectivity index is 2.00. The van der Waals surface area contributed by atoms with Gasteiger partial charge < -0.3 is 10.3 Å². The van der Waals surface area contributed by atoms with E-state index in [4.69, 9.17) is 0 Å². The number of aromatic amines is 1. The van der Waals surface area contributed by atoms with Gasteiger partial charge in [-0.15, -0.1) is 0 Å². The number of nitrogens with zero attached hydrogens (tertiary/aromatic N) is 3. The first-order valence-corrected chi connectivity index (χ1v) is 7.73. The molecule has 0 fully saturated rings. The van der Waals surface area contributed by atoms with Crippen LogP contribution in [-0.4, -0.2) is 27.0 Å². The summed E-state index contributed by atoms with van der Waals surface area (Å²) in [6.45, 7) is 2.18. The Labute approximate surface area is 127 Å². The Morgan fingerprint density at radius 1 is 1.24 bits per heavy atom. The normalized spacial score (nSPS) is 12.7. The van der Waals surface area contributed by atoms with Crippen LogP contribution in [0.3, 0.4) is 0 Å². The number of imidazole rings is 1. The zero-order valence-corrected chi connectivity index (χ0v) is 12.8. The van der Waals surface area contributed by atoms with Gasteiger partial charge in [-0.25, -0.2) is 15.0 Å². The molecule has 6 heteroatoms. The number of rotatable bonds is 5. The molecule has 2 heterocycles. The van der Waals surface area contributed by atoms with Gasteiger partial charge in [-0.2, -0.15) is 0 Å². The Bertz CT molecular complexity index is 736. The van der Waals surface area contributed by atoms with Crippen molar-refractivity contribution in [2.75, 3.05) is 7.05 Å². The average Bonchev–Trinajstić information content (AvgIpc) is 3.00. The molecule has 21 heavy (non-hydrogen) atoms. The molecule has 1 unspecified atom stereocenters. The molecule has 0 aliphatic carbocycles. The van der Waals surface area contributed by atoms with Gasteiger partial charge in [-0.3, -0.25) is 0 Å². The molecule has 2 N–H and O–H groups in total. The Hall–Kier alpha value is -1.92. The van der Waals surface area contributed by atoms with E-state index < -0.39 is 0 Å². The van der Waals surface area contributed by atoms with Crippen molar-refractivity contribution in [1.82, 2.24) is 25.3 Å². The van der Waals surface area contributed by atoms with E-state index >= 15 is 0 Å².